The highest BCUT2D eigenvalue weighted by Crippen LogP contribution is 2.43. The summed E-state index contributed by atoms with van der Waals surface area (Å²) in [5.74, 6) is 0.865. The van der Waals surface area contributed by atoms with Crippen molar-refractivity contribution < 1.29 is 14.2 Å². The molecule has 0 saturated carbocycles. The van der Waals surface area contributed by atoms with Crippen molar-refractivity contribution in [3.63, 3.8) is 0 Å². The largest absolute Gasteiger partial charge is 0.485 e. The molecule has 4 nitrogen and oxygen atoms in total. The maximum atomic E-state index is 6.17. The Balaban J connectivity index is 2.34. The van der Waals surface area contributed by atoms with Crippen LogP contribution in [0.4, 0.5) is 5.69 Å². The minimum atomic E-state index is -0.449. The second-order valence-electron chi connectivity index (χ2n) is 5.97. The van der Waals surface area contributed by atoms with E-state index in [-0.39, 0.29) is 12.2 Å². The number of allylic oxidation sites excluding steroid dienone is 1. The first kappa shape index (κ1) is 16.8. The molecule has 1 aliphatic heterocycles. The van der Waals surface area contributed by atoms with Gasteiger partial charge in [-0.1, -0.05) is 12.2 Å². The van der Waals surface area contributed by atoms with Gasteiger partial charge in [-0.2, -0.15) is 0 Å². The number of fused-ring (bicyclic) bond motifs is 1. The van der Waals surface area contributed by atoms with Crippen LogP contribution in [0.3, 0.4) is 0 Å². The van der Waals surface area contributed by atoms with Gasteiger partial charge in [0.05, 0.1) is 6.61 Å². The van der Waals surface area contributed by atoms with Gasteiger partial charge in [0.25, 0.3) is 0 Å². The Labute approximate surface area is 133 Å². The second-order valence-corrected chi connectivity index (χ2v) is 5.97. The van der Waals surface area contributed by atoms with Crippen molar-refractivity contribution in [3.05, 3.63) is 35.9 Å². The van der Waals surface area contributed by atoms with Gasteiger partial charge in [0.1, 0.15) is 23.6 Å². The average molecular weight is 305 g/mol. The zero-order valence-corrected chi connectivity index (χ0v) is 14.2. The molecule has 0 amide bonds. The van der Waals surface area contributed by atoms with Gasteiger partial charge < -0.3 is 19.5 Å². The molecule has 1 heterocycles. The highest BCUT2D eigenvalue weighted by molar-refractivity contribution is 5.53. The van der Waals surface area contributed by atoms with Gasteiger partial charge in [0, 0.05) is 24.9 Å². The number of hydrogen-bond acceptors (Lipinski definition) is 4. The first-order valence-electron chi connectivity index (χ1n) is 7.85. The van der Waals surface area contributed by atoms with Crippen LogP contribution in [0.25, 0.3) is 0 Å². The molecule has 122 valence electrons. The van der Waals surface area contributed by atoms with Gasteiger partial charge in [0.2, 0.25) is 0 Å². The topological polar surface area (TPSA) is 39.7 Å². The number of benzene rings is 1. The Bertz CT molecular complexity index is 525. The molecule has 0 spiro atoms. The summed E-state index contributed by atoms with van der Waals surface area (Å²) in [7, 11) is 1.72. The van der Waals surface area contributed by atoms with Crippen LogP contribution in [-0.2, 0) is 9.47 Å². The fourth-order valence-electron chi connectivity index (χ4n) is 2.84. The summed E-state index contributed by atoms with van der Waals surface area (Å²) in [6.45, 7) is 9.58. The van der Waals surface area contributed by atoms with Gasteiger partial charge in [-0.3, -0.25) is 0 Å². The van der Waals surface area contributed by atoms with E-state index in [9.17, 15) is 0 Å². The molecule has 0 aliphatic carbocycles. The van der Waals surface area contributed by atoms with Gasteiger partial charge in [-0.05, 0) is 45.9 Å². The number of ether oxygens (including phenoxy) is 3. The van der Waals surface area contributed by atoms with Crippen LogP contribution in [0.1, 0.15) is 39.4 Å². The summed E-state index contributed by atoms with van der Waals surface area (Å²) >= 11 is 0. The fraction of sp³-hybridized carbons (Fsp3) is 0.556. The first-order chi connectivity index (χ1) is 10.5. The molecular weight excluding hydrogens is 278 g/mol. The van der Waals surface area contributed by atoms with Crippen LogP contribution >= 0.6 is 0 Å². The third kappa shape index (κ3) is 3.45. The highest BCUT2D eigenvalue weighted by Gasteiger charge is 2.45. The highest BCUT2D eigenvalue weighted by atomic mass is 16.6. The lowest BCUT2D eigenvalue weighted by molar-refractivity contribution is -0.148. The van der Waals surface area contributed by atoms with E-state index in [4.69, 9.17) is 14.2 Å². The number of rotatable bonds is 6. The van der Waals surface area contributed by atoms with Crippen LogP contribution in [-0.4, -0.2) is 32.0 Å². The van der Waals surface area contributed by atoms with E-state index in [1.54, 1.807) is 7.11 Å². The zero-order chi connectivity index (χ0) is 16.2. The Morgan fingerprint density at radius 3 is 2.77 bits per heavy atom. The van der Waals surface area contributed by atoms with Crippen LogP contribution in [0.2, 0.25) is 0 Å². The Kier molecular flexibility index (Phi) is 5.48. The maximum absolute atomic E-state index is 6.17. The van der Waals surface area contributed by atoms with Crippen LogP contribution in [0.5, 0.6) is 5.75 Å². The minimum absolute atomic E-state index is 0.150. The molecule has 0 radical (unpaired) electrons. The molecule has 0 aromatic heterocycles. The molecule has 2 atom stereocenters. The van der Waals surface area contributed by atoms with Crippen molar-refractivity contribution in [3.8, 4) is 5.75 Å². The lowest BCUT2D eigenvalue weighted by Gasteiger charge is -2.43. The van der Waals surface area contributed by atoms with Gasteiger partial charge >= 0.3 is 0 Å². The number of hydrogen-bond donors (Lipinski definition) is 1. The van der Waals surface area contributed by atoms with E-state index in [1.807, 2.05) is 45.1 Å². The van der Waals surface area contributed by atoms with Crippen molar-refractivity contribution in [2.24, 2.45) is 0 Å². The summed E-state index contributed by atoms with van der Waals surface area (Å²) in [5.41, 5.74) is 1.65. The molecular formula is C18H27NO3. The Morgan fingerprint density at radius 1 is 1.36 bits per heavy atom. The summed E-state index contributed by atoms with van der Waals surface area (Å²) in [4.78, 5) is 0. The van der Waals surface area contributed by atoms with Crippen LogP contribution in [0, 0.1) is 0 Å². The molecule has 1 N–H and O–H groups in total. The summed E-state index contributed by atoms with van der Waals surface area (Å²) in [5, 5.41) is 3.33. The fourth-order valence-corrected chi connectivity index (χ4v) is 2.84. The predicted octanol–water partition coefficient (Wildman–Crippen LogP) is 3.94. The minimum Gasteiger partial charge on any atom is -0.485 e. The molecule has 2 unspecified atom stereocenters. The van der Waals surface area contributed by atoms with E-state index in [0.29, 0.717) is 6.61 Å². The van der Waals surface area contributed by atoms with E-state index in [1.165, 1.54) is 0 Å². The lowest BCUT2D eigenvalue weighted by atomic mass is 9.88. The quantitative estimate of drug-likeness (QED) is 0.808. The van der Waals surface area contributed by atoms with E-state index < -0.39 is 5.60 Å². The molecule has 0 bridgehead atoms. The van der Waals surface area contributed by atoms with Crippen molar-refractivity contribution in [1.82, 2.24) is 0 Å². The molecule has 0 saturated heterocycles. The maximum Gasteiger partial charge on any atom is 0.132 e. The second kappa shape index (κ2) is 7.16. The van der Waals surface area contributed by atoms with Crippen molar-refractivity contribution in [2.45, 2.75) is 45.5 Å². The summed E-state index contributed by atoms with van der Waals surface area (Å²) in [6, 6.07) is 6.13. The smallest absolute Gasteiger partial charge is 0.132 e. The average Bonchev–Trinajstić information content (AvgIpc) is 2.48. The predicted molar refractivity (Wildman–Crippen MR) is 89.6 cm³/mol. The lowest BCUT2D eigenvalue weighted by Crippen LogP contribution is -2.50. The SMILES string of the molecule is CC=CCOC1C(OC)c2cc(NCC)ccc2OC1(C)C. The van der Waals surface area contributed by atoms with Gasteiger partial charge in [-0.15, -0.1) is 0 Å². The zero-order valence-electron chi connectivity index (χ0n) is 14.2. The van der Waals surface area contributed by atoms with Crippen molar-refractivity contribution >= 4 is 5.69 Å². The summed E-state index contributed by atoms with van der Waals surface area (Å²) in [6.07, 6.45) is 3.66. The third-order valence-electron chi connectivity index (χ3n) is 3.89. The first-order valence-corrected chi connectivity index (χ1v) is 7.85. The van der Waals surface area contributed by atoms with Crippen LogP contribution in [0.15, 0.2) is 30.4 Å². The standard InChI is InChI=1S/C18H27NO3/c1-6-8-11-21-17-16(20-5)14-12-13(19-7-2)9-10-15(14)22-18(17,3)4/h6,8-10,12,16-17,19H,7,11H2,1-5H3. The van der Waals surface area contributed by atoms with E-state index in [2.05, 4.69) is 18.3 Å². The Hall–Kier alpha value is -1.52. The molecule has 2 rings (SSSR count). The van der Waals surface area contributed by atoms with E-state index >= 15 is 0 Å². The summed E-state index contributed by atoms with van der Waals surface area (Å²) < 4.78 is 18.0. The van der Waals surface area contributed by atoms with Gasteiger partial charge in [-0.25, -0.2) is 0 Å². The number of methoxy groups -OCH3 is 1. The van der Waals surface area contributed by atoms with Crippen molar-refractivity contribution in [2.75, 3.05) is 25.6 Å². The number of anilines is 1. The number of nitrogens with one attached hydrogen (secondary N) is 1. The third-order valence-corrected chi connectivity index (χ3v) is 3.89. The van der Waals surface area contributed by atoms with Gasteiger partial charge in [0.15, 0.2) is 0 Å². The molecule has 1 aromatic rings. The Morgan fingerprint density at radius 2 is 2.14 bits per heavy atom. The van der Waals surface area contributed by atoms with Crippen LogP contribution < -0.4 is 10.1 Å². The monoisotopic (exact) mass is 305 g/mol. The van der Waals surface area contributed by atoms with E-state index in [0.717, 1.165) is 23.5 Å². The van der Waals surface area contributed by atoms with Crippen molar-refractivity contribution in [1.29, 1.82) is 0 Å². The molecule has 4 heteroatoms. The molecule has 22 heavy (non-hydrogen) atoms. The molecule has 1 aliphatic rings. The molecule has 1 aromatic carbocycles. The molecule has 0 fully saturated rings. The normalized spacial score (nSPS) is 23.1.